The first-order valence-corrected chi connectivity index (χ1v) is 9.94. The summed E-state index contributed by atoms with van der Waals surface area (Å²) in [5, 5.41) is 5.49. The van der Waals surface area contributed by atoms with Crippen LogP contribution in [0.1, 0.15) is 0 Å². The van der Waals surface area contributed by atoms with E-state index in [1.807, 2.05) is 30.3 Å². The van der Waals surface area contributed by atoms with E-state index < -0.39 is 18.3 Å². The molecule has 164 valence electrons. The highest BCUT2D eigenvalue weighted by atomic mass is 16.6. The van der Waals surface area contributed by atoms with Gasteiger partial charge in [-0.2, -0.15) is 0 Å². The van der Waals surface area contributed by atoms with Crippen LogP contribution in [0.3, 0.4) is 0 Å². The third-order valence-electron chi connectivity index (χ3n) is 4.97. The minimum absolute atomic E-state index is 0.0363. The zero-order valence-electron chi connectivity index (χ0n) is 17.0. The molecule has 0 radical (unpaired) electrons. The first-order chi connectivity index (χ1) is 15.1. The summed E-state index contributed by atoms with van der Waals surface area (Å²) in [6.45, 7) is 0.448. The smallest absolute Gasteiger partial charge is 0.412 e. The lowest BCUT2D eigenvalue weighted by Crippen LogP contribution is -2.45. The van der Waals surface area contributed by atoms with Crippen LogP contribution in [0.4, 0.5) is 10.5 Å². The largest absolute Gasteiger partial charge is 0.457 e. The molecule has 4 atom stereocenters. The zero-order valence-corrected chi connectivity index (χ0v) is 17.0. The van der Waals surface area contributed by atoms with E-state index in [0.717, 1.165) is 5.75 Å². The van der Waals surface area contributed by atoms with Gasteiger partial charge in [0.1, 0.15) is 30.3 Å². The number of rotatable bonds is 7. The summed E-state index contributed by atoms with van der Waals surface area (Å²) in [5.41, 5.74) is 0.568. The summed E-state index contributed by atoms with van der Waals surface area (Å²) in [5.74, 6) is 1.13. The number of carbonyl (C=O) groups excluding carboxylic acids is 2. The molecular formula is C22H24N2O7. The molecular weight excluding hydrogens is 404 g/mol. The molecule has 2 aromatic rings. The lowest BCUT2D eigenvalue weighted by Gasteiger charge is -2.18. The van der Waals surface area contributed by atoms with Crippen molar-refractivity contribution in [3.8, 4) is 11.5 Å². The van der Waals surface area contributed by atoms with Crippen LogP contribution in [0.5, 0.6) is 11.5 Å². The van der Waals surface area contributed by atoms with Gasteiger partial charge in [-0.3, -0.25) is 10.1 Å². The minimum Gasteiger partial charge on any atom is -0.457 e. The van der Waals surface area contributed by atoms with Crippen molar-refractivity contribution in [3.05, 3.63) is 54.6 Å². The summed E-state index contributed by atoms with van der Waals surface area (Å²) in [7, 11) is 1.45. The van der Waals surface area contributed by atoms with Gasteiger partial charge in [0.15, 0.2) is 6.10 Å². The zero-order chi connectivity index (χ0) is 21.6. The molecule has 0 unspecified atom stereocenters. The van der Waals surface area contributed by atoms with E-state index in [1.165, 1.54) is 7.11 Å². The van der Waals surface area contributed by atoms with Gasteiger partial charge in [-0.1, -0.05) is 18.2 Å². The molecule has 2 saturated heterocycles. The second-order valence-corrected chi connectivity index (χ2v) is 7.21. The molecule has 0 aliphatic carbocycles. The van der Waals surface area contributed by atoms with Crippen LogP contribution in [-0.2, 0) is 23.7 Å². The van der Waals surface area contributed by atoms with Crippen LogP contribution in [-0.4, -0.2) is 63.3 Å². The molecule has 0 saturated carbocycles. The molecule has 2 aliphatic rings. The maximum Gasteiger partial charge on any atom is 0.412 e. The van der Waals surface area contributed by atoms with E-state index in [-0.39, 0.29) is 37.9 Å². The molecule has 2 amide bonds. The van der Waals surface area contributed by atoms with Gasteiger partial charge in [0.25, 0.3) is 0 Å². The van der Waals surface area contributed by atoms with E-state index in [9.17, 15) is 9.59 Å². The molecule has 2 aromatic carbocycles. The number of ether oxygens (including phenoxy) is 5. The lowest BCUT2D eigenvalue weighted by molar-refractivity contribution is -0.126. The second kappa shape index (κ2) is 9.78. The third-order valence-corrected chi connectivity index (χ3v) is 4.97. The van der Waals surface area contributed by atoms with Crippen molar-refractivity contribution in [1.29, 1.82) is 0 Å². The number of benzene rings is 2. The molecule has 0 spiro atoms. The van der Waals surface area contributed by atoms with E-state index in [4.69, 9.17) is 23.7 Å². The van der Waals surface area contributed by atoms with Crippen molar-refractivity contribution in [2.75, 3.05) is 32.2 Å². The number of nitrogens with one attached hydrogen (secondary N) is 2. The van der Waals surface area contributed by atoms with Gasteiger partial charge in [-0.15, -0.1) is 0 Å². The Morgan fingerprint density at radius 1 is 0.968 bits per heavy atom. The maximum absolute atomic E-state index is 12.3. The van der Waals surface area contributed by atoms with Gasteiger partial charge in [-0.25, -0.2) is 4.79 Å². The number of amides is 2. The van der Waals surface area contributed by atoms with E-state index >= 15 is 0 Å². The van der Waals surface area contributed by atoms with Gasteiger partial charge in [-0.05, 0) is 36.4 Å². The average Bonchev–Trinajstić information content (AvgIpc) is 3.34. The second-order valence-electron chi connectivity index (χ2n) is 7.21. The van der Waals surface area contributed by atoms with E-state index in [1.54, 1.807) is 24.3 Å². The highest BCUT2D eigenvalue weighted by molar-refractivity contribution is 5.84. The summed E-state index contributed by atoms with van der Waals surface area (Å²) in [4.78, 5) is 24.0. The fourth-order valence-corrected chi connectivity index (χ4v) is 3.58. The van der Waals surface area contributed by atoms with Crippen LogP contribution >= 0.6 is 0 Å². The Morgan fingerprint density at radius 2 is 1.68 bits per heavy atom. The van der Waals surface area contributed by atoms with Gasteiger partial charge < -0.3 is 29.0 Å². The Balaban J connectivity index is 1.26. The molecule has 31 heavy (non-hydrogen) atoms. The number of methoxy groups -OCH3 is 1. The predicted molar refractivity (Wildman–Crippen MR) is 110 cm³/mol. The summed E-state index contributed by atoms with van der Waals surface area (Å²) >= 11 is 0. The maximum atomic E-state index is 12.3. The Labute approximate surface area is 179 Å². The molecule has 2 heterocycles. The number of hydrogen-bond donors (Lipinski definition) is 2. The van der Waals surface area contributed by atoms with Crippen molar-refractivity contribution in [2.45, 2.75) is 24.4 Å². The Hall–Kier alpha value is -3.14. The molecule has 0 bridgehead atoms. The van der Waals surface area contributed by atoms with Crippen LogP contribution < -0.4 is 15.4 Å². The first kappa shape index (κ1) is 21.1. The lowest BCUT2D eigenvalue weighted by atomic mass is 10.1. The highest BCUT2D eigenvalue weighted by Gasteiger charge is 2.49. The van der Waals surface area contributed by atoms with E-state index in [0.29, 0.717) is 11.4 Å². The van der Waals surface area contributed by atoms with Crippen LogP contribution in [0.15, 0.2) is 54.6 Å². The molecule has 2 N–H and O–H groups in total. The quantitative estimate of drug-likeness (QED) is 0.697. The third kappa shape index (κ3) is 5.32. The van der Waals surface area contributed by atoms with E-state index in [2.05, 4.69) is 10.6 Å². The number of hydrogen-bond acceptors (Lipinski definition) is 7. The number of anilines is 1. The average molecular weight is 428 g/mol. The van der Waals surface area contributed by atoms with Crippen LogP contribution in [0.2, 0.25) is 0 Å². The number of carbonyl (C=O) groups is 2. The fraction of sp³-hybridized carbons (Fsp3) is 0.364. The molecule has 4 rings (SSSR count). The normalized spacial score (nSPS) is 24.3. The fourth-order valence-electron chi connectivity index (χ4n) is 3.58. The highest BCUT2D eigenvalue weighted by Crippen LogP contribution is 2.29. The number of para-hydroxylation sites is 1. The number of fused-ring (bicyclic) bond motifs is 1. The summed E-state index contributed by atoms with van der Waals surface area (Å²) < 4.78 is 27.4. The summed E-state index contributed by atoms with van der Waals surface area (Å²) in [6.07, 6.45) is -1.97. The van der Waals surface area contributed by atoms with Crippen molar-refractivity contribution in [3.63, 3.8) is 0 Å². The first-order valence-electron chi connectivity index (χ1n) is 9.94. The van der Waals surface area contributed by atoms with Gasteiger partial charge in [0, 0.05) is 12.8 Å². The van der Waals surface area contributed by atoms with Crippen molar-refractivity contribution >= 4 is 17.7 Å². The Kier molecular flexibility index (Phi) is 6.66. The standard InChI is InChI=1S/C22H24N2O7/c1-27-13-19(25)24-17-11-28-21-18(12-29-20(17)21)31-22(26)23-14-7-9-16(10-8-14)30-15-5-3-2-4-6-15/h2-10,17-18,20-21H,11-13H2,1H3,(H,23,26)(H,24,25)/t17-,18+,20+,21+/m0/s1. The molecule has 9 nitrogen and oxygen atoms in total. The molecule has 0 aromatic heterocycles. The van der Waals surface area contributed by atoms with Crippen molar-refractivity contribution < 1.29 is 33.3 Å². The van der Waals surface area contributed by atoms with Crippen LogP contribution in [0, 0.1) is 0 Å². The molecule has 2 fully saturated rings. The SMILES string of the molecule is COCC(=O)N[C@H]1CO[C@H]2[C@@H]1OC[C@H]2OC(=O)Nc1ccc(Oc2ccccc2)cc1. The topological polar surface area (TPSA) is 104 Å². The minimum atomic E-state index is -0.610. The Morgan fingerprint density at radius 3 is 2.42 bits per heavy atom. The van der Waals surface area contributed by atoms with Gasteiger partial charge in [0.2, 0.25) is 5.91 Å². The predicted octanol–water partition coefficient (Wildman–Crippen LogP) is 2.32. The van der Waals surface area contributed by atoms with Crippen LogP contribution in [0.25, 0.3) is 0 Å². The van der Waals surface area contributed by atoms with Crippen molar-refractivity contribution in [2.24, 2.45) is 0 Å². The monoisotopic (exact) mass is 428 g/mol. The van der Waals surface area contributed by atoms with Crippen molar-refractivity contribution in [1.82, 2.24) is 5.32 Å². The molecule has 2 aliphatic heterocycles. The summed E-state index contributed by atoms with van der Waals surface area (Å²) in [6, 6.07) is 16.1. The Bertz CT molecular complexity index is 890. The van der Waals surface area contributed by atoms with Gasteiger partial charge >= 0.3 is 6.09 Å². The molecule has 9 heteroatoms. The van der Waals surface area contributed by atoms with Gasteiger partial charge in [0.05, 0.1) is 19.3 Å².